The molecule has 38 heavy (non-hydrogen) atoms. The smallest absolute Gasteiger partial charge is 0.326 e. The Morgan fingerprint density at radius 1 is 1.00 bits per heavy atom. The van der Waals surface area contributed by atoms with Gasteiger partial charge in [-0.05, 0) is 43.9 Å². The van der Waals surface area contributed by atoms with Crippen LogP contribution >= 0.6 is 22.9 Å². The van der Waals surface area contributed by atoms with Crippen molar-refractivity contribution in [1.29, 1.82) is 0 Å². The number of nitrogens with one attached hydrogen (secondary N) is 2. The maximum absolute atomic E-state index is 13.6. The van der Waals surface area contributed by atoms with Gasteiger partial charge in [0.25, 0.3) is 15.9 Å². The van der Waals surface area contributed by atoms with Crippen LogP contribution in [-0.4, -0.2) is 61.9 Å². The molecule has 2 fully saturated rings. The van der Waals surface area contributed by atoms with Crippen LogP contribution in [0.5, 0.6) is 0 Å². The summed E-state index contributed by atoms with van der Waals surface area (Å²) in [5.74, 6) is -5.10. The van der Waals surface area contributed by atoms with E-state index in [1.807, 2.05) is 5.32 Å². The number of thiophene rings is 1. The monoisotopic (exact) mass is 590 g/mol. The number of rotatable bonds is 6. The van der Waals surface area contributed by atoms with Crippen molar-refractivity contribution in [3.63, 3.8) is 0 Å². The maximum Gasteiger partial charge on any atom is 0.326 e. The van der Waals surface area contributed by atoms with Crippen LogP contribution in [0.3, 0.4) is 0 Å². The number of imide groups is 1. The molecule has 1 aromatic carbocycles. The van der Waals surface area contributed by atoms with Gasteiger partial charge in [0.2, 0.25) is 0 Å². The number of nitrogens with zero attached hydrogens (tertiary/aromatic N) is 2. The van der Waals surface area contributed by atoms with E-state index in [0.717, 1.165) is 30.6 Å². The van der Waals surface area contributed by atoms with Gasteiger partial charge in [0.1, 0.15) is 9.21 Å². The fourth-order valence-corrected chi connectivity index (χ4v) is 7.76. The summed E-state index contributed by atoms with van der Waals surface area (Å²) in [5.41, 5.74) is -0.351. The predicted octanol–water partition coefficient (Wildman–Crippen LogP) is 4.12. The minimum Gasteiger partial charge on any atom is -0.481 e. The summed E-state index contributed by atoms with van der Waals surface area (Å²) in [6.07, 6.45) is 3.08. The Kier molecular flexibility index (Phi) is 8.55. The van der Waals surface area contributed by atoms with Gasteiger partial charge in [-0.2, -0.15) is 4.31 Å². The molecule has 1 aromatic heterocycles. The Morgan fingerprint density at radius 3 is 2.26 bits per heavy atom. The van der Waals surface area contributed by atoms with Crippen molar-refractivity contribution in [2.45, 2.75) is 36.3 Å². The van der Waals surface area contributed by atoms with Crippen LogP contribution in [0, 0.1) is 17.6 Å². The summed E-state index contributed by atoms with van der Waals surface area (Å²) in [7, 11) is -3.85. The number of benzene rings is 1. The average molecular weight is 591 g/mol. The minimum absolute atomic E-state index is 0.0000321. The molecule has 0 spiro atoms. The number of piperidine rings is 2. The molecule has 0 saturated carbocycles. The van der Waals surface area contributed by atoms with Gasteiger partial charge in [-0.15, -0.1) is 11.3 Å². The van der Waals surface area contributed by atoms with Gasteiger partial charge >= 0.3 is 12.0 Å². The summed E-state index contributed by atoms with van der Waals surface area (Å²) in [4.78, 5) is 38.3. The molecule has 3 N–H and O–H groups in total. The molecule has 2 aliphatic heterocycles. The summed E-state index contributed by atoms with van der Waals surface area (Å²) in [5, 5.41) is 13.8. The molecule has 0 atom stereocenters. The normalized spacial score (nSPS) is 17.3. The quantitative estimate of drug-likeness (QED) is 0.431. The van der Waals surface area contributed by atoms with Crippen LogP contribution in [0.2, 0.25) is 5.02 Å². The molecule has 2 saturated heterocycles. The van der Waals surface area contributed by atoms with Gasteiger partial charge in [-0.25, -0.2) is 22.0 Å². The van der Waals surface area contributed by atoms with E-state index in [1.54, 1.807) is 4.90 Å². The highest BCUT2D eigenvalue weighted by Gasteiger charge is 2.32. The number of aliphatic carboxylic acids is 1. The van der Waals surface area contributed by atoms with Gasteiger partial charge < -0.3 is 15.3 Å². The van der Waals surface area contributed by atoms with Crippen molar-refractivity contribution in [1.82, 2.24) is 9.62 Å². The molecular formula is C23H25ClF2N4O6S2. The molecule has 15 heteroatoms. The van der Waals surface area contributed by atoms with E-state index in [9.17, 15) is 36.7 Å². The van der Waals surface area contributed by atoms with Gasteiger partial charge in [0.15, 0.2) is 11.6 Å². The molecule has 10 nitrogen and oxygen atoms in total. The Bertz CT molecular complexity index is 1360. The molecule has 206 valence electrons. The second-order valence-electron chi connectivity index (χ2n) is 9.00. The average Bonchev–Trinajstić information content (AvgIpc) is 3.31. The minimum atomic E-state index is -3.85. The summed E-state index contributed by atoms with van der Waals surface area (Å²) in [6, 6.07) is 1.44. The number of halogens is 3. The van der Waals surface area contributed by atoms with E-state index in [2.05, 4.69) is 5.32 Å². The number of hydrogen-bond donors (Lipinski definition) is 3. The lowest BCUT2D eigenvalue weighted by Gasteiger charge is -2.31. The number of carboxylic acids is 1. The third-order valence-corrected chi connectivity index (χ3v) is 10.3. The van der Waals surface area contributed by atoms with Crippen molar-refractivity contribution in [2.75, 3.05) is 36.4 Å². The second-order valence-corrected chi connectivity index (χ2v) is 12.6. The number of sulfonamides is 1. The first-order valence-corrected chi connectivity index (χ1v) is 14.5. The van der Waals surface area contributed by atoms with Crippen LogP contribution in [-0.2, 0) is 14.8 Å². The van der Waals surface area contributed by atoms with E-state index >= 15 is 0 Å². The zero-order valence-corrected chi connectivity index (χ0v) is 22.4. The first kappa shape index (κ1) is 28.2. The summed E-state index contributed by atoms with van der Waals surface area (Å²) >= 11 is 6.76. The molecule has 0 unspecified atom stereocenters. The Labute approximate surface area is 226 Å². The number of anilines is 2. The highest BCUT2D eigenvalue weighted by Crippen LogP contribution is 2.41. The molecule has 2 aromatic rings. The van der Waals surface area contributed by atoms with Crippen molar-refractivity contribution >= 4 is 61.6 Å². The largest absolute Gasteiger partial charge is 0.481 e. The first-order valence-electron chi connectivity index (χ1n) is 11.9. The summed E-state index contributed by atoms with van der Waals surface area (Å²) < 4.78 is 54.9. The van der Waals surface area contributed by atoms with Crippen molar-refractivity contribution in [2.24, 2.45) is 5.92 Å². The van der Waals surface area contributed by atoms with Crippen molar-refractivity contribution < 1.29 is 36.7 Å². The number of carboxylic acid groups (broad SMARTS) is 1. The number of carbonyl (C=O) groups excluding carboxylic acids is 2. The number of urea groups is 1. The van der Waals surface area contributed by atoms with Crippen molar-refractivity contribution in [3.05, 3.63) is 40.4 Å². The van der Waals surface area contributed by atoms with Gasteiger partial charge in [0, 0.05) is 26.2 Å². The predicted molar refractivity (Wildman–Crippen MR) is 137 cm³/mol. The summed E-state index contributed by atoms with van der Waals surface area (Å²) in [6.45, 7) is 1.40. The highest BCUT2D eigenvalue weighted by atomic mass is 35.5. The Morgan fingerprint density at radius 2 is 1.63 bits per heavy atom. The van der Waals surface area contributed by atoms with Crippen LogP contribution < -0.4 is 15.5 Å². The van der Waals surface area contributed by atoms with Crippen LogP contribution in [0.1, 0.15) is 42.5 Å². The molecule has 0 aliphatic carbocycles. The van der Waals surface area contributed by atoms with Gasteiger partial charge in [-0.1, -0.05) is 18.0 Å². The highest BCUT2D eigenvalue weighted by molar-refractivity contribution is 7.91. The zero-order chi connectivity index (χ0) is 27.6. The standard InChI is InChI=1S/C23H25ClF2N4O6S2/c24-15-11-17(26)16(25)10-14(15)20(31)28-23(34)27-18-12-19(38(35,36)30-6-2-1-3-7-30)37-21(18)29-8-4-13(5-9-29)22(32)33/h10-13H,1-9H2,(H,32,33)(H2,27,28,31,34). The van der Waals surface area contributed by atoms with Gasteiger partial charge in [-0.3, -0.25) is 14.9 Å². The van der Waals surface area contributed by atoms with E-state index in [1.165, 1.54) is 10.4 Å². The number of amides is 3. The molecule has 0 bridgehead atoms. The lowest BCUT2D eigenvalue weighted by Crippen LogP contribution is -2.37. The number of hydrogen-bond acceptors (Lipinski definition) is 7. The fraction of sp³-hybridized carbons (Fsp3) is 0.435. The zero-order valence-electron chi connectivity index (χ0n) is 20.0. The van der Waals surface area contributed by atoms with Crippen LogP contribution in [0.4, 0.5) is 24.3 Å². The Hall–Kier alpha value is -2.81. The third-order valence-electron chi connectivity index (χ3n) is 6.46. The van der Waals surface area contributed by atoms with E-state index in [4.69, 9.17) is 11.6 Å². The molecule has 3 heterocycles. The second kappa shape index (κ2) is 11.5. The lowest BCUT2D eigenvalue weighted by atomic mass is 9.97. The topological polar surface area (TPSA) is 136 Å². The van der Waals surface area contributed by atoms with Crippen LogP contribution in [0.15, 0.2) is 22.4 Å². The van der Waals surface area contributed by atoms with Crippen LogP contribution in [0.25, 0.3) is 0 Å². The maximum atomic E-state index is 13.6. The molecule has 4 rings (SSSR count). The third kappa shape index (κ3) is 6.08. The first-order chi connectivity index (χ1) is 18.0. The van der Waals surface area contributed by atoms with Crippen molar-refractivity contribution in [3.8, 4) is 0 Å². The number of carbonyl (C=O) groups is 3. The van der Waals surface area contributed by atoms with Gasteiger partial charge in [0.05, 0.1) is 22.2 Å². The van der Waals surface area contributed by atoms with E-state index in [-0.39, 0.29) is 9.90 Å². The fourth-order valence-electron chi connectivity index (χ4n) is 4.39. The lowest BCUT2D eigenvalue weighted by molar-refractivity contribution is -0.142. The van der Waals surface area contributed by atoms with E-state index < -0.39 is 56.1 Å². The van der Waals surface area contributed by atoms with E-state index in [0.29, 0.717) is 56.2 Å². The molecule has 3 amide bonds. The Balaban J connectivity index is 1.58. The molecule has 0 radical (unpaired) electrons. The SMILES string of the molecule is O=C(NC(=O)c1cc(F)c(F)cc1Cl)Nc1cc(S(=O)(=O)N2CCCCC2)sc1N1CCC(C(=O)O)CC1. The molecule has 2 aliphatic rings. The molecular weight excluding hydrogens is 566 g/mol.